The highest BCUT2D eigenvalue weighted by Gasteiger charge is 2.05. The number of hydrogen-bond donors (Lipinski definition) is 0. The zero-order valence-corrected chi connectivity index (χ0v) is 8.33. The lowest BCUT2D eigenvalue weighted by molar-refractivity contribution is 0.930. The highest BCUT2D eigenvalue weighted by molar-refractivity contribution is 5.63. The minimum Gasteiger partial charge on any atom is -0.334 e. The van der Waals surface area contributed by atoms with Gasteiger partial charge in [-0.1, -0.05) is 0 Å². The molecule has 0 saturated carbocycles. The van der Waals surface area contributed by atoms with E-state index in [1.165, 1.54) is 0 Å². The van der Waals surface area contributed by atoms with E-state index in [0.29, 0.717) is 0 Å². The molecule has 0 atom stereocenters. The summed E-state index contributed by atoms with van der Waals surface area (Å²) in [4.78, 5) is 4.08. The molecule has 0 fully saturated rings. The Morgan fingerprint density at radius 1 is 1.27 bits per heavy atom. The van der Waals surface area contributed by atoms with Crippen LogP contribution in [0.5, 0.6) is 0 Å². The smallest absolute Gasteiger partial charge is 0.136 e. The van der Waals surface area contributed by atoms with Gasteiger partial charge < -0.3 is 4.57 Å². The van der Waals surface area contributed by atoms with Gasteiger partial charge in [0.15, 0.2) is 0 Å². The average molecular weight is 198 g/mol. The van der Waals surface area contributed by atoms with E-state index in [-0.39, 0.29) is 0 Å². The SMILES string of the molecule is Cn1ccn2nc(-c3cccnc3)cc12. The van der Waals surface area contributed by atoms with Crippen LogP contribution in [-0.2, 0) is 7.05 Å². The van der Waals surface area contributed by atoms with Gasteiger partial charge >= 0.3 is 0 Å². The van der Waals surface area contributed by atoms with Crippen molar-refractivity contribution in [3.63, 3.8) is 0 Å². The zero-order chi connectivity index (χ0) is 10.3. The van der Waals surface area contributed by atoms with Crippen LogP contribution in [0, 0.1) is 0 Å². The van der Waals surface area contributed by atoms with Crippen LogP contribution < -0.4 is 0 Å². The molecule has 0 aliphatic rings. The molecule has 0 unspecified atom stereocenters. The number of pyridine rings is 1. The van der Waals surface area contributed by atoms with E-state index in [9.17, 15) is 0 Å². The highest BCUT2D eigenvalue weighted by Crippen LogP contribution is 2.18. The van der Waals surface area contributed by atoms with Gasteiger partial charge in [-0.25, -0.2) is 4.52 Å². The van der Waals surface area contributed by atoms with Crippen LogP contribution in [0.25, 0.3) is 16.9 Å². The molecule has 0 bridgehead atoms. The second kappa shape index (κ2) is 2.95. The minimum absolute atomic E-state index is 0.953. The first kappa shape index (κ1) is 8.23. The van der Waals surface area contributed by atoms with Gasteiger partial charge in [0.05, 0.1) is 5.69 Å². The number of rotatable bonds is 1. The molecule has 3 rings (SSSR count). The van der Waals surface area contributed by atoms with Crippen molar-refractivity contribution < 1.29 is 0 Å². The first-order valence-corrected chi connectivity index (χ1v) is 4.76. The molecule has 0 radical (unpaired) electrons. The summed E-state index contributed by atoms with van der Waals surface area (Å²) in [6.07, 6.45) is 7.51. The van der Waals surface area contributed by atoms with Crippen LogP contribution >= 0.6 is 0 Å². The molecule has 0 spiro atoms. The topological polar surface area (TPSA) is 35.1 Å². The monoisotopic (exact) mass is 198 g/mol. The Balaban J connectivity index is 2.20. The fraction of sp³-hybridized carbons (Fsp3) is 0.0909. The van der Waals surface area contributed by atoms with E-state index in [0.717, 1.165) is 16.9 Å². The predicted molar refractivity (Wildman–Crippen MR) is 57.4 cm³/mol. The quantitative estimate of drug-likeness (QED) is 0.597. The maximum atomic E-state index is 4.46. The molecule has 3 aromatic heterocycles. The van der Waals surface area contributed by atoms with E-state index in [1.807, 2.05) is 46.9 Å². The summed E-state index contributed by atoms with van der Waals surface area (Å²) in [5.74, 6) is 0. The van der Waals surface area contributed by atoms with Crippen molar-refractivity contribution in [3.05, 3.63) is 43.0 Å². The Kier molecular flexibility index (Phi) is 1.62. The number of aromatic nitrogens is 4. The van der Waals surface area contributed by atoms with E-state index in [2.05, 4.69) is 16.1 Å². The summed E-state index contributed by atoms with van der Waals surface area (Å²) < 4.78 is 3.90. The van der Waals surface area contributed by atoms with Gasteiger partial charge in [0.25, 0.3) is 0 Å². The lowest BCUT2D eigenvalue weighted by Gasteiger charge is -1.92. The molecule has 0 N–H and O–H groups in total. The molecule has 0 aromatic carbocycles. The Morgan fingerprint density at radius 2 is 2.20 bits per heavy atom. The van der Waals surface area contributed by atoms with E-state index >= 15 is 0 Å². The average Bonchev–Trinajstić information content (AvgIpc) is 2.83. The largest absolute Gasteiger partial charge is 0.334 e. The third-order valence-electron chi connectivity index (χ3n) is 2.47. The molecular weight excluding hydrogens is 188 g/mol. The second-order valence-corrected chi connectivity index (χ2v) is 3.48. The van der Waals surface area contributed by atoms with Gasteiger partial charge in [0.1, 0.15) is 5.65 Å². The van der Waals surface area contributed by atoms with Crippen molar-refractivity contribution in [2.24, 2.45) is 7.05 Å². The van der Waals surface area contributed by atoms with Gasteiger partial charge in [-0.2, -0.15) is 5.10 Å². The molecule has 0 aliphatic carbocycles. The molecule has 3 heterocycles. The molecule has 0 aliphatic heterocycles. The number of nitrogens with zero attached hydrogens (tertiary/aromatic N) is 4. The van der Waals surface area contributed by atoms with Gasteiger partial charge in [-0.05, 0) is 12.1 Å². The van der Waals surface area contributed by atoms with Crippen molar-refractivity contribution in [2.45, 2.75) is 0 Å². The number of imidazole rings is 1. The summed E-state index contributed by atoms with van der Waals surface area (Å²) in [6, 6.07) is 5.98. The Morgan fingerprint density at radius 3 is 2.93 bits per heavy atom. The molecule has 4 heteroatoms. The maximum absolute atomic E-state index is 4.46. The van der Waals surface area contributed by atoms with Crippen LogP contribution in [0.1, 0.15) is 0 Å². The summed E-state index contributed by atoms with van der Waals surface area (Å²) in [5, 5.41) is 4.46. The highest BCUT2D eigenvalue weighted by atomic mass is 15.3. The van der Waals surface area contributed by atoms with Crippen LogP contribution in [0.2, 0.25) is 0 Å². The fourth-order valence-corrected chi connectivity index (χ4v) is 1.65. The minimum atomic E-state index is 0.953. The third kappa shape index (κ3) is 1.22. The Labute approximate surface area is 86.8 Å². The molecule has 0 saturated heterocycles. The summed E-state index contributed by atoms with van der Waals surface area (Å²) in [5.41, 5.74) is 3.07. The summed E-state index contributed by atoms with van der Waals surface area (Å²) >= 11 is 0. The lowest BCUT2D eigenvalue weighted by Crippen LogP contribution is -1.84. The second-order valence-electron chi connectivity index (χ2n) is 3.48. The molecule has 4 nitrogen and oxygen atoms in total. The van der Waals surface area contributed by atoms with Gasteiger partial charge in [-0.15, -0.1) is 0 Å². The van der Waals surface area contributed by atoms with Gasteiger partial charge in [0, 0.05) is 43.5 Å². The normalized spacial score (nSPS) is 11.0. The van der Waals surface area contributed by atoms with E-state index < -0.39 is 0 Å². The van der Waals surface area contributed by atoms with E-state index in [4.69, 9.17) is 0 Å². The number of fused-ring (bicyclic) bond motifs is 1. The van der Waals surface area contributed by atoms with Crippen LogP contribution in [0.3, 0.4) is 0 Å². The molecule has 15 heavy (non-hydrogen) atoms. The molecule has 0 amide bonds. The van der Waals surface area contributed by atoms with Crippen LogP contribution in [0.15, 0.2) is 43.0 Å². The Hall–Kier alpha value is -2.10. The van der Waals surface area contributed by atoms with Crippen LogP contribution in [-0.4, -0.2) is 19.2 Å². The zero-order valence-electron chi connectivity index (χ0n) is 8.33. The van der Waals surface area contributed by atoms with Crippen molar-refractivity contribution in [1.82, 2.24) is 19.2 Å². The summed E-state index contributed by atoms with van der Waals surface area (Å²) in [7, 11) is 2.00. The molecular formula is C11H10N4. The standard InChI is InChI=1S/C11H10N4/c1-14-5-6-15-11(14)7-10(13-15)9-3-2-4-12-8-9/h2-8H,1H3. The van der Waals surface area contributed by atoms with Crippen LogP contribution in [0.4, 0.5) is 0 Å². The Bertz CT molecular complexity index is 591. The molecule has 74 valence electrons. The van der Waals surface area contributed by atoms with E-state index in [1.54, 1.807) is 6.20 Å². The number of aryl methyl sites for hydroxylation is 1. The van der Waals surface area contributed by atoms with Crippen molar-refractivity contribution in [1.29, 1.82) is 0 Å². The first-order valence-electron chi connectivity index (χ1n) is 4.76. The third-order valence-corrected chi connectivity index (χ3v) is 2.47. The summed E-state index contributed by atoms with van der Waals surface area (Å²) in [6.45, 7) is 0. The first-order chi connectivity index (χ1) is 7.34. The van der Waals surface area contributed by atoms with Gasteiger partial charge in [0.2, 0.25) is 0 Å². The van der Waals surface area contributed by atoms with Gasteiger partial charge in [-0.3, -0.25) is 4.98 Å². The van der Waals surface area contributed by atoms with Crippen molar-refractivity contribution in [2.75, 3.05) is 0 Å². The fourth-order valence-electron chi connectivity index (χ4n) is 1.65. The number of hydrogen-bond acceptors (Lipinski definition) is 2. The van der Waals surface area contributed by atoms with Crippen molar-refractivity contribution >= 4 is 5.65 Å². The maximum Gasteiger partial charge on any atom is 0.136 e. The predicted octanol–water partition coefficient (Wildman–Crippen LogP) is 1.73. The van der Waals surface area contributed by atoms with Crippen molar-refractivity contribution in [3.8, 4) is 11.3 Å². The lowest BCUT2D eigenvalue weighted by atomic mass is 10.2. The molecule has 3 aromatic rings.